The summed E-state index contributed by atoms with van der Waals surface area (Å²) in [5.41, 5.74) is 0.771. The van der Waals surface area contributed by atoms with E-state index in [0.29, 0.717) is 10.8 Å². The minimum atomic E-state index is -0.706. The number of para-hydroxylation sites is 1. The Hall–Kier alpha value is -1.71. The molecular formula is C15H15ClO3. The van der Waals surface area contributed by atoms with Crippen LogP contribution < -0.4 is 9.47 Å². The zero-order valence-electron chi connectivity index (χ0n) is 10.5. The van der Waals surface area contributed by atoms with E-state index in [2.05, 4.69) is 0 Å². The van der Waals surface area contributed by atoms with Gasteiger partial charge in [-0.15, -0.1) is 0 Å². The minimum absolute atomic E-state index is 0.149. The molecule has 2 rings (SSSR count). The second kappa shape index (κ2) is 6.45. The Morgan fingerprint density at radius 1 is 1.11 bits per heavy atom. The lowest BCUT2D eigenvalue weighted by atomic mass is 10.1. The van der Waals surface area contributed by atoms with Gasteiger partial charge in [0.2, 0.25) is 0 Å². The summed E-state index contributed by atoms with van der Waals surface area (Å²) in [7, 11) is 1.60. The molecule has 0 saturated carbocycles. The van der Waals surface area contributed by atoms with Crippen molar-refractivity contribution in [2.24, 2.45) is 0 Å². The first-order chi connectivity index (χ1) is 9.20. The summed E-state index contributed by atoms with van der Waals surface area (Å²) < 4.78 is 10.6. The Kier molecular flexibility index (Phi) is 4.66. The summed E-state index contributed by atoms with van der Waals surface area (Å²) in [5, 5.41) is 10.6. The molecule has 100 valence electrons. The number of hydrogen-bond acceptors (Lipinski definition) is 3. The van der Waals surface area contributed by atoms with Crippen molar-refractivity contribution in [3.05, 3.63) is 59.1 Å². The van der Waals surface area contributed by atoms with E-state index in [1.807, 2.05) is 12.1 Å². The van der Waals surface area contributed by atoms with Gasteiger partial charge in [0.05, 0.1) is 12.1 Å². The molecule has 0 heterocycles. The normalized spacial score (nSPS) is 11.9. The van der Waals surface area contributed by atoms with Crippen LogP contribution in [0.25, 0.3) is 0 Å². The Morgan fingerprint density at radius 2 is 1.79 bits per heavy atom. The Morgan fingerprint density at radius 3 is 2.42 bits per heavy atom. The number of aliphatic hydroxyl groups excluding tert-OH is 1. The average Bonchev–Trinajstić information content (AvgIpc) is 2.46. The summed E-state index contributed by atoms with van der Waals surface area (Å²) >= 11 is 5.97. The lowest BCUT2D eigenvalue weighted by molar-refractivity contribution is 0.108. The fraction of sp³-hybridized carbons (Fsp3) is 0.200. The monoisotopic (exact) mass is 278 g/mol. The van der Waals surface area contributed by atoms with E-state index >= 15 is 0 Å². The van der Waals surface area contributed by atoms with Gasteiger partial charge in [-0.1, -0.05) is 35.9 Å². The molecular weight excluding hydrogens is 264 g/mol. The highest BCUT2D eigenvalue weighted by Crippen LogP contribution is 2.25. The van der Waals surface area contributed by atoms with Gasteiger partial charge in [0.1, 0.15) is 24.2 Å². The van der Waals surface area contributed by atoms with Crippen molar-refractivity contribution in [3.8, 4) is 11.5 Å². The molecule has 3 nitrogen and oxygen atoms in total. The second-order valence-electron chi connectivity index (χ2n) is 4.03. The van der Waals surface area contributed by atoms with Crippen LogP contribution in [0.1, 0.15) is 11.7 Å². The standard InChI is InChI=1S/C15H15ClO3/c1-18-12-8-6-11(7-9-12)14(17)10-19-15-5-3-2-4-13(15)16/h2-9,14,17H,10H2,1H3. The number of methoxy groups -OCH3 is 1. The van der Waals surface area contributed by atoms with Gasteiger partial charge in [0.15, 0.2) is 0 Å². The first-order valence-corrected chi connectivity index (χ1v) is 6.28. The van der Waals surface area contributed by atoms with Crippen molar-refractivity contribution in [3.63, 3.8) is 0 Å². The summed E-state index contributed by atoms with van der Waals surface area (Å²) in [6, 6.07) is 14.4. The summed E-state index contributed by atoms with van der Waals surface area (Å²) in [4.78, 5) is 0. The third-order valence-electron chi connectivity index (χ3n) is 2.73. The fourth-order valence-corrected chi connectivity index (χ4v) is 1.84. The largest absolute Gasteiger partial charge is 0.497 e. The highest BCUT2D eigenvalue weighted by molar-refractivity contribution is 6.32. The molecule has 0 aliphatic carbocycles. The van der Waals surface area contributed by atoms with Crippen LogP contribution in [-0.2, 0) is 0 Å². The number of ether oxygens (including phenoxy) is 2. The van der Waals surface area contributed by atoms with Crippen LogP contribution >= 0.6 is 11.6 Å². The maximum atomic E-state index is 10.0. The maximum Gasteiger partial charge on any atom is 0.138 e. The Balaban J connectivity index is 1.97. The molecule has 0 amide bonds. The molecule has 0 spiro atoms. The topological polar surface area (TPSA) is 38.7 Å². The van der Waals surface area contributed by atoms with Crippen molar-refractivity contribution in [2.75, 3.05) is 13.7 Å². The molecule has 1 N–H and O–H groups in total. The van der Waals surface area contributed by atoms with E-state index in [1.54, 1.807) is 43.5 Å². The van der Waals surface area contributed by atoms with E-state index in [1.165, 1.54) is 0 Å². The number of hydrogen-bond donors (Lipinski definition) is 1. The highest BCUT2D eigenvalue weighted by Gasteiger charge is 2.09. The van der Waals surface area contributed by atoms with Gasteiger partial charge in [-0.2, -0.15) is 0 Å². The van der Waals surface area contributed by atoms with Gasteiger partial charge in [-0.25, -0.2) is 0 Å². The predicted octanol–water partition coefficient (Wildman–Crippen LogP) is 3.46. The van der Waals surface area contributed by atoms with Crippen LogP contribution in [0.15, 0.2) is 48.5 Å². The third-order valence-corrected chi connectivity index (χ3v) is 3.05. The summed E-state index contributed by atoms with van der Waals surface area (Å²) in [5.74, 6) is 1.32. The van der Waals surface area contributed by atoms with Crippen molar-refractivity contribution in [1.82, 2.24) is 0 Å². The zero-order chi connectivity index (χ0) is 13.7. The molecule has 0 fully saturated rings. The van der Waals surface area contributed by atoms with Crippen molar-refractivity contribution >= 4 is 11.6 Å². The Bertz CT molecular complexity index is 525. The second-order valence-corrected chi connectivity index (χ2v) is 4.44. The van der Waals surface area contributed by atoms with Gasteiger partial charge < -0.3 is 14.6 Å². The summed E-state index contributed by atoms with van der Waals surface area (Å²) in [6.07, 6.45) is -0.706. The van der Waals surface area contributed by atoms with Crippen LogP contribution in [0.5, 0.6) is 11.5 Å². The molecule has 0 aliphatic heterocycles. The van der Waals surface area contributed by atoms with E-state index in [-0.39, 0.29) is 6.61 Å². The van der Waals surface area contributed by atoms with Crippen LogP contribution in [-0.4, -0.2) is 18.8 Å². The lowest BCUT2D eigenvalue weighted by Crippen LogP contribution is -2.09. The molecule has 0 radical (unpaired) electrons. The number of aliphatic hydroxyl groups is 1. The molecule has 19 heavy (non-hydrogen) atoms. The minimum Gasteiger partial charge on any atom is -0.497 e. The smallest absolute Gasteiger partial charge is 0.138 e. The summed E-state index contributed by atoms with van der Waals surface area (Å²) in [6.45, 7) is 0.149. The van der Waals surface area contributed by atoms with Crippen LogP contribution in [0, 0.1) is 0 Å². The quantitative estimate of drug-likeness (QED) is 0.910. The fourth-order valence-electron chi connectivity index (χ4n) is 1.65. The molecule has 1 atom stereocenters. The van der Waals surface area contributed by atoms with Crippen LogP contribution in [0.2, 0.25) is 5.02 Å². The Labute approximate surface area is 117 Å². The SMILES string of the molecule is COc1ccc(C(O)COc2ccccc2Cl)cc1. The number of benzene rings is 2. The zero-order valence-corrected chi connectivity index (χ0v) is 11.3. The molecule has 0 aromatic heterocycles. The predicted molar refractivity (Wildman–Crippen MR) is 74.9 cm³/mol. The lowest BCUT2D eigenvalue weighted by Gasteiger charge is -2.13. The van der Waals surface area contributed by atoms with E-state index < -0.39 is 6.10 Å². The maximum absolute atomic E-state index is 10.0. The van der Waals surface area contributed by atoms with Gasteiger partial charge in [0, 0.05) is 0 Å². The van der Waals surface area contributed by atoms with Crippen LogP contribution in [0.4, 0.5) is 0 Å². The van der Waals surface area contributed by atoms with Crippen molar-refractivity contribution in [1.29, 1.82) is 0 Å². The van der Waals surface area contributed by atoms with E-state index in [4.69, 9.17) is 21.1 Å². The van der Waals surface area contributed by atoms with Crippen molar-refractivity contribution in [2.45, 2.75) is 6.10 Å². The van der Waals surface area contributed by atoms with Gasteiger partial charge in [-0.05, 0) is 29.8 Å². The number of rotatable bonds is 5. The van der Waals surface area contributed by atoms with Gasteiger partial charge >= 0.3 is 0 Å². The van der Waals surface area contributed by atoms with Crippen LogP contribution in [0.3, 0.4) is 0 Å². The number of halogens is 1. The molecule has 2 aromatic rings. The molecule has 2 aromatic carbocycles. The van der Waals surface area contributed by atoms with Gasteiger partial charge in [0.25, 0.3) is 0 Å². The van der Waals surface area contributed by atoms with Crippen molar-refractivity contribution < 1.29 is 14.6 Å². The third kappa shape index (κ3) is 3.63. The average molecular weight is 279 g/mol. The van der Waals surface area contributed by atoms with Gasteiger partial charge in [-0.3, -0.25) is 0 Å². The first kappa shape index (κ1) is 13.7. The first-order valence-electron chi connectivity index (χ1n) is 5.90. The van der Waals surface area contributed by atoms with E-state index in [0.717, 1.165) is 11.3 Å². The molecule has 0 bridgehead atoms. The molecule has 1 unspecified atom stereocenters. The molecule has 4 heteroatoms. The van der Waals surface area contributed by atoms with E-state index in [9.17, 15) is 5.11 Å². The molecule has 0 aliphatic rings. The highest BCUT2D eigenvalue weighted by atomic mass is 35.5. The molecule has 0 saturated heterocycles.